The molecule has 0 fully saturated rings. The number of hydrogen-bond acceptors (Lipinski definition) is 2. The lowest BCUT2D eigenvalue weighted by atomic mass is 10.0. The summed E-state index contributed by atoms with van der Waals surface area (Å²) in [5, 5.41) is 3.32. The van der Waals surface area contributed by atoms with Crippen LogP contribution in [-0.2, 0) is 6.18 Å². The van der Waals surface area contributed by atoms with Crippen LogP contribution in [-0.4, -0.2) is 11.5 Å². The zero-order chi connectivity index (χ0) is 15.3. The van der Waals surface area contributed by atoms with Crippen molar-refractivity contribution in [3.63, 3.8) is 0 Å². The normalized spacial score (nSPS) is 13.1. The number of alkyl halides is 3. The van der Waals surface area contributed by atoms with Crippen molar-refractivity contribution in [3.8, 4) is 0 Å². The Labute approximate surface area is 122 Å². The lowest BCUT2D eigenvalue weighted by Gasteiger charge is -2.19. The smallest absolute Gasteiger partial charge is 0.305 e. The highest BCUT2D eigenvalue weighted by Crippen LogP contribution is 2.29. The molecule has 2 rings (SSSR count). The second kappa shape index (κ2) is 6.72. The van der Waals surface area contributed by atoms with E-state index in [0.29, 0.717) is 5.69 Å². The quantitative estimate of drug-likeness (QED) is 0.894. The molecule has 5 heteroatoms. The number of hydrogen-bond donors (Lipinski definition) is 1. The van der Waals surface area contributed by atoms with Gasteiger partial charge in [-0.1, -0.05) is 37.3 Å². The molecule has 0 amide bonds. The van der Waals surface area contributed by atoms with Gasteiger partial charge < -0.3 is 5.32 Å². The fourth-order valence-electron chi connectivity index (χ4n) is 2.07. The van der Waals surface area contributed by atoms with E-state index in [1.807, 2.05) is 37.3 Å². The molecular weight excluding hydrogens is 277 g/mol. The van der Waals surface area contributed by atoms with Crippen LogP contribution in [0.1, 0.15) is 36.2 Å². The molecule has 2 aromatic rings. The van der Waals surface area contributed by atoms with Gasteiger partial charge in [0.25, 0.3) is 0 Å². The van der Waals surface area contributed by atoms with Gasteiger partial charge >= 0.3 is 6.18 Å². The molecule has 0 bridgehead atoms. The minimum absolute atomic E-state index is 0.201. The largest absolute Gasteiger partial charge is 0.417 e. The first kappa shape index (κ1) is 15.5. The number of rotatable bonds is 5. The third-order valence-corrected chi connectivity index (χ3v) is 3.14. The van der Waals surface area contributed by atoms with E-state index >= 15 is 0 Å². The van der Waals surface area contributed by atoms with E-state index in [0.717, 1.165) is 30.8 Å². The average molecular weight is 294 g/mol. The first-order chi connectivity index (χ1) is 10.0. The maximum Gasteiger partial charge on any atom is 0.417 e. The van der Waals surface area contributed by atoms with Crippen LogP contribution in [0.15, 0.2) is 48.7 Å². The second-order valence-electron chi connectivity index (χ2n) is 4.77. The topological polar surface area (TPSA) is 24.9 Å². The van der Waals surface area contributed by atoms with Crippen molar-refractivity contribution >= 4 is 0 Å². The van der Waals surface area contributed by atoms with Crippen LogP contribution in [0.3, 0.4) is 0 Å². The maximum atomic E-state index is 12.6. The molecule has 0 radical (unpaired) electrons. The zero-order valence-corrected chi connectivity index (χ0v) is 11.7. The van der Waals surface area contributed by atoms with Crippen LogP contribution in [0.25, 0.3) is 0 Å². The summed E-state index contributed by atoms with van der Waals surface area (Å²) in [5.41, 5.74) is 0.842. The standard InChI is InChI=1S/C16H17F3N2/c1-2-10-20-15(12-6-4-3-5-7-12)14-9-8-13(11-21-14)16(17,18)19/h3-9,11,15,20H,2,10H2,1H3. The molecule has 0 aliphatic rings. The van der Waals surface area contributed by atoms with E-state index in [4.69, 9.17) is 0 Å². The van der Waals surface area contributed by atoms with Gasteiger partial charge in [-0.25, -0.2) is 0 Å². The third kappa shape index (κ3) is 4.04. The lowest BCUT2D eigenvalue weighted by Crippen LogP contribution is -2.24. The molecule has 112 valence electrons. The number of benzene rings is 1. The summed E-state index contributed by atoms with van der Waals surface area (Å²) >= 11 is 0. The molecule has 1 N–H and O–H groups in total. The van der Waals surface area contributed by atoms with Crippen molar-refractivity contribution in [1.29, 1.82) is 0 Å². The van der Waals surface area contributed by atoms with Gasteiger partial charge in [0.15, 0.2) is 0 Å². The lowest BCUT2D eigenvalue weighted by molar-refractivity contribution is -0.137. The van der Waals surface area contributed by atoms with Gasteiger partial charge in [-0.15, -0.1) is 0 Å². The molecule has 2 nitrogen and oxygen atoms in total. The van der Waals surface area contributed by atoms with Crippen LogP contribution >= 0.6 is 0 Å². The Bertz CT molecular complexity index is 550. The second-order valence-corrected chi connectivity index (χ2v) is 4.77. The molecule has 0 spiro atoms. The summed E-state index contributed by atoms with van der Waals surface area (Å²) in [6, 6.07) is 11.9. The summed E-state index contributed by atoms with van der Waals surface area (Å²) in [6.07, 6.45) is -2.53. The molecular formula is C16H17F3N2. The first-order valence-corrected chi connectivity index (χ1v) is 6.84. The summed E-state index contributed by atoms with van der Waals surface area (Å²) < 4.78 is 37.8. The Morgan fingerprint density at radius 3 is 2.33 bits per heavy atom. The van der Waals surface area contributed by atoms with E-state index in [9.17, 15) is 13.2 Å². The predicted molar refractivity (Wildman–Crippen MR) is 75.8 cm³/mol. The first-order valence-electron chi connectivity index (χ1n) is 6.84. The van der Waals surface area contributed by atoms with Crippen LogP contribution in [0.4, 0.5) is 13.2 Å². The Morgan fingerprint density at radius 1 is 1.10 bits per heavy atom. The zero-order valence-electron chi connectivity index (χ0n) is 11.7. The van der Waals surface area contributed by atoms with E-state index < -0.39 is 11.7 Å². The fraction of sp³-hybridized carbons (Fsp3) is 0.312. The van der Waals surface area contributed by atoms with Crippen molar-refractivity contribution in [2.24, 2.45) is 0 Å². The van der Waals surface area contributed by atoms with E-state index in [-0.39, 0.29) is 6.04 Å². The number of aromatic nitrogens is 1. The van der Waals surface area contributed by atoms with Crippen molar-refractivity contribution in [2.75, 3.05) is 6.54 Å². The molecule has 1 atom stereocenters. The van der Waals surface area contributed by atoms with Crippen molar-refractivity contribution < 1.29 is 13.2 Å². The monoisotopic (exact) mass is 294 g/mol. The maximum absolute atomic E-state index is 12.6. The van der Waals surface area contributed by atoms with Crippen molar-refractivity contribution in [2.45, 2.75) is 25.6 Å². The van der Waals surface area contributed by atoms with Crippen LogP contribution in [0.5, 0.6) is 0 Å². The minimum Gasteiger partial charge on any atom is -0.305 e. The molecule has 1 aromatic heterocycles. The Hall–Kier alpha value is -1.88. The minimum atomic E-state index is -4.36. The van der Waals surface area contributed by atoms with Crippen LogP contribution < -0.4 is 5.32 Å². The van der Waals surface area contributed by atoms with E-state index in [2.05, 4.69) is 10.3 Å². The molecule has 21 heavy (non-hydrogen) atoms. The number of halogens is 3. The molecule has 0 aliphatic heterocycles. The van der Waals surface area contributed by atoms with Crippen molar-refractivity contribution in [3.05, 3.63) is 65.5 Å². The highest BCUT2D eigenvalue weighted by molar-refractivity contribution is 5.29. The van der Waals surface area contributed by atoms with Crippen LogP contribution in [0, 0.1) is 0 Å². The van der Waals surface area contributed by atoms with Crippen LogP contribution in [0.2, 0.25) is 0 Å². The fourth-order valence-corrected chi connectivity index (χ4v) is 2.07. The molecule has 1 unspecified atom stereocenters. The summed E-state index contributed by atoms with van der Waals surface area (Å²) in [7, 11) is 0. The van der Waals surface area contributed by atoms with E-state index in [1.54, 1.807) is 0 Å². The third-order valence-electron chi connectivity index (χ3n) is 3.14. The van der Waals surface area contributed by atoms with Gasteiger partial charge in [-0.3, -0.25) is 4.98 Å². The molecule has 0 saturated heterocycles. The Kier molecular flexibility index (Phi) is 4.96. The van der Waals surface area contributed by atoms with Gasteiger partial charge in [-0.2, -0.15) is 13.2 Å². The van der Waals surface area contributed by atoms with Gasteiger partial charge in [0.05, 0.1) is 17.3 Å². The molecule has 1 heterocycles. The number of nitrogens with one attached hydrogen (secondary N) is 1. The number of pyridine rings is 1. The molecule has 1 aromatic carbocycles. The summed E-state index contributed by atoms with van der Waals surface area (Å²) in [6.45, 7) is 2.80. The van der Waals surface area contributed by atoms with Gasteiger partial charge in [0.1, 0.15) is 0 Å². The Balaban J connectivity index is 2.29. The predicted octanol–water partition coefficient (Wildman–Crippen LogP) is 4.19. The van der Waals surface area contributed by atoms with Gasteiger partial charge in [0.2, 0.25) is 0 Å². The highest BCUT2D eigenvalue weighted by Gasteiger charge is 2.31. The SMILES string of the molecule is CCCNC(c1ccccc1)c1ccc(C(F)(F)F)cn1. The van der Waals surface area contributed by atoms with E-state index in [1.165, 1.54) is 6.07 Å². The number of nitrogens with zero attached hydrogens (tertiary/aromatic N) is 1. The molecule has 0 saturated carbocycles. The Morgan fingerprint density at radius 2 is 1.81 bits per heavy atom. The van der Waals surface area contributed by atoms with Crippen molar-refractivity contribution in [1.82, 2.24) is 10.3 Å². The molecule has 0 aliphatic carbocycles. The summed E-state index contributed by atoms with van der Waals surface area (Å²) in [5.74, 6) is 0. The summed E-state index contributed by atoms with van der Waals surface area (Å²) in [4.78, 5) is 3.99. The van der Waals surface area contributed by atoms with Gasteiger partial charge in [-0.05, 0) is 30.7 Å². The highest BCUT2D eigenvalue weighted by atomic mass is 19.4. The average Bonchev–Trinajstić information content (AvgIpc) is 2.48. The van der Waals surface area contributed by atoms with Gasteiger partial charge in [0, 0.05) is 6.20 Å².